The van der Waals surface area contributed by atoms with Gasteiger partial charge in [0.05, 0.1) is 39.1 Å². The molecule has 7 nitrogen and oxygen atoms in total. The zero-order valence-electron chi connectivity index (χ0n) is 18.7. The molecule has 1 heterocycles. The molecule has 3 aromatic carbocycles. The number of nitrogens with zero attached hydrogens (tertiary/aromatic N) is 1. The number of rotatable bonds is 6. The molecule has 178 valence electrons. The minimum atomic E-state index is -0.889. The third-order valence-electron chi connectivity index (χ3n) is 5.58. The normalized spacial score (nSPS) is 14.5. The van der Waals surface area contributed by atoms with Crippen LogP contribution in [0.5, 0.6) is 23.0 Å². The summed E-state index contributed by atoms with van der Waals surface area (Å²) in [5.41, 5.74) is 1.21. The zero-order chi connectivity index (χ0) is 24.2. The van der Waals surface area contributed by atoms with Crippen molar-refractivity contribution in [1.29, 1.82) is 0 Å². The fourth-order valence-electron chi connectivity index (χ4n) is 3.91. The molecular formula is C25H24F2N2O5. The van der Waals surface area contributed by atoms with Crippen molar-refractivity contribution in [2.75, 3.05) is 25.7 Å². The first-order chi connectivity index (χ1) is 16.4. The molecule has 1 aliphatic heterocycles. The third-order valence-corrected chi connectivity index (χ3v) is 5.58. The second-order valence-electron chi connectivity index (χ2n) is 7.71. The van der Waals surface area contributed by atoms with Crippen LogP contribution < -0.4 is 24.4 Å². The number of hydrogen-bond donors (Lipinski definition) is 2. The molecule has 0 saturated heterocycles. The lowest BCUT2D eigenvalue weighted by Gasteiger charge is -2.30. The highest BCUT2D eigenvalue weighted by molar-refractivity contribution is 5.92. The quantitative estimate of drug-likeness (QED) is 0.534. The number of amides is 2. The van der Waals surface area contributed by atoms with Gasteiger partial charge in [-0.2, -0.15) is 0 Å². The molecule has 1 unspecified atom stereocenters. The highest BCUT2D eigenvalue weighted by atomic mass is 19.1. The van der Waals surface area contributed by atoms with Crippen molar-refractivity contribution in [3.63, 3.8) is 0 Å². The number of carbonyl (C=O) groups is 1. The van der Waals surface area contributed by atoms with Crippen LogP contribution in [0.15, 0.2) is 54.6 Å². The standard InChI is InChI=1S/C25H24F2N2O5/c1-32-22-11-15(12-23(33-2)24(22)30)14-29(20-8-7-16(26)13-18(20)27)25(31)28-19-9-10-34-21-6-4-3-5-17(19)21/h3-8,11-13,19,30H,9-10,14H2,1-2H3,(H,28,31). The van der Waals surface area contributed by atoms with Gasteiger partial charge >= 0.3 is 6.03 Å². The number of aromatic hydroxyl groups is 1. The van der Waals surface area contributed by atoms with E-state index in [0.29, 0.717) is 24.3 Å². The number of phenolic OH excluding ortho intramolecular Hbond substituents is 1. The van der Waals surface area contributed by atoms with Gasteiger partial charge in [0.15, 0.2) is 11.5 Å². The monoisotopic (exact) mass is 470 g/mol. The summed E-state index contributed by atoms with van der Waals surface area (Å²) >= 11 is 0. The number of nitrogens with one attached hydrogen (secondary N) is 1. The van der Waals surface area contributed by atoms with E-state index in [0.717, 1.165) is 22.6 Å². The van der Waals surface area contributed by atoms with E-state index in [1.165, 1.54) is 32.4 Å². The molecule has 1 aliphatic rings. The van der Waals surface area contributed by atoms with Gasteiger partial charge in [-0.3, -0.25) is 4.90 Å². The van der Waals surface area contributed by atoms with Gasteiger partial charge in [0.1, 0.15) is 17.4 Å². The van der Waals surface area contributed by atoms with Gasteiger partial charge in [-0.25, -0.2) is 13.6 Å². The molecule has 9 heteroatoms. The van der Waals surface area contributed by atoms with Crippen LogP contribution in [0.3, 0.4) is 0 Å². The number of ether oxygens (including phenoxy) is 3. The summed E-state index contributed by atoms with van der Waals surface area (Å²) in [5.74, 6) is -0.906. The Hall–Kier alpha value is -4.01. The predicted molar refractivity (Wildman–Crippen MR) is 122 cm³/mol. The van der Waals surface area contributed by atoms with Crippen molar-refractivity contribution in [2.24, 2.45) is 0 Å². The van der Waals surface area contributed by atoms with Crippen molar-refractivity contribution in [2.45, 2.75) is 19.0 Å². The Labute approximate surface area is 195 Å². The predicted octanol–water partition coefficient (Wildman–Crippen LogP) is 4.93. The molecule has 0 spiro atoms. The molecule has 1 atom stereocenters. The number of phenols is 1. The summed E-state index contributed by atoms with van der Waals surface area (Å²) in [6.45, 7) is 0.311. The van der Waals surface area contributed by atoms with Crippen LogP contribution in [0.1, 0.15) is 23.6 Å². The van der Waals surface area contributed by atoms with Gasteiger partial charge in [-0.15, -0.1) is 0 Å². The molecule has 3 aromatic rings. The van der Waals surface area contributed by atoms with E-state index in [2.05, 4.69) is 5.32 Å². The summed E-state index contributed by atoms with van der Waals surface area (Å²) in [5, 5.41) is 13.1. The molecule has 4 rings (SSSR count). The molecular weight excluding hydrogens is 446 g/mol. The van der Waals surface area contributed by atoms with Gasteiger partial charge < -0.3 is 24.6 Å². The van der Waals surface area contributed by atoms with Crippen LogP contribution >= 0.6 is 0 Å². The van der Waals surface area contributed by atoms with E-state index in [1.807, 2.05) is 24.3 Å². The van der Waals surface area contributed by atoms with Crippen LogP contribution in [0.25, 0.3) is 0 Å². The Bertz CT molecular complexity index is 1180. The Kier molecular flexibility index (Phi) is 6.72. The lowest BCUT2D eigenvalue weighted by Crippen LogP contribution is -2.43. The number of hydrogen-bond acceptors (Lipinski definition) is 5. The number of methoxy groups -OCH3 is 2. The Morgan fingerprint density at radius 2 is 1.82 bits per heavy atom. The van der Waals surface area contributed by atoms with Gasteiger partial charge in [0, 0.05) is 18.1 Å². The largest absolute Gasteiger partial charge is 0.502 e. The fourth-order valence-corrected chi connectivity index (χ4v) is 3.91. The maximum absolute atomic E-state index is 14.8. The van der Waals surface area contributed by atoms with Crippen LogP contribution in [-0.2, 0) is 6.54 Å². The van der Waals surface area contributed by atoms with E-state index in [-0.39, 0.29) is 35.5 Å². The van der Waals surface area contributed by atoms with Crippen LogP contribution in [0.4, 0.5) is 19.3 Å². The number of para-hydroxylation sites is 1. The van der Waals surface area contributed by atoms with Crippen LogP contribution in [0, 0.1) is 11.6 Å². The smallest absolute Gasteiger partial charge is 0.322 e. The summed E-state index contributed by atoms with van der Waals surface area (Å²) in [6.07, 6.45) is 0.531. The Balaban J connectivity index is 1.69. The maximum Gasteiger partial charge on any atom is 0.322 e. The first-order valence-electron chi connectivity index (χ1n) is 10.6. The minimum Gasteiger partial charge on any atom is -0.502 e. The lowest BCUT2D eigenvalue weighted by atomic mass is 10.0. The van der Waals surface area contributed by atoms with Crippen molar-refractivity contribution in [3.05, 3.63) is 77.4 Å². The number of urea groups is 1. The average molecular weight is 470 g/mol. The molecule has 0 fully saturated rings. The Morgan fingerprint density at radius 3 is 2.50 bits per heavy atom. The average Bonchev–Trinajstić information content (AvgIpc) is 2.84. The molecule has 0 aromatic heterocycles. The highest BCUT2D eigenvalue weighted by Gasteiger charge is 2.27. The highest BCUT2D eigenvalue weighted by Crippen LogP contribution is 2.38. The second-order valence-corrected chi connectivity index (χ2v) is 7.71. The van der Waals surface area contributed by atoms with Gasteiger partial charge in [0.2, 0.25) is 5.75 Å². The maximum atomic E-state index is 14.8. The SMILES string of the molecule is COc1cc(CN(C(=O)NC2CCOc3ccccc32)c2ccc(F)cc2F)cc(OC)c1O. The summed E-state index contributed by atoms with van der Waals surface area (Å²) in [7, 11) is 2.76. The number of carbonyl (C=O) groups excluding carboxylic acids is 1. The summed E-state index contributed by atoms with van der Waals surface area (Å²) in [4.78, 5) is 14.6. The molecule has 0 radical (unpaired) electrons. The van der Waals surface area contributed by atoms with Crippen molar-refractivity contribution in [3.8, 4) is 23.0 Å². The van der Waals surface area contributed by atoms with E-state index in [9.17, 15) is 18.7 Å². The zero-order valence-corrected chi connectivity index (χ0v) is 18.7. The number of benzene rings is 3. The van der Waals surface area contributed by atoms with Gasteiger partial charge in [0.25, 0.3) is 0 Å². The van der Waals surface area contributed by atoms with Crippen molar-refractivity contribution < 1.29 is 32.9 Å². The number of halogens is 2. The van der Waals surface area contributed by atoms with E-state index in [1.54, 1.807) is 0 Å². The summed E-state index contributed by atoms with van der Waals surface area (Å²) in [6, 6.07) is 12.5. The summed E-state index contributed by atoms with van der Waals surface area (Å²) < 4.78 is 44.4. The van der Waals surface area contributed by atoms with E-state index in [4.69, 9.17) is 14.2 Å². The van der Waals surface area contributed by atoms with Crippen molar-refractivity contribution in [1.82, 2.24) is 5.32 Å². The molecule has 2 N–H and O–H groups in total. The first kappa shape index (κ1) is 23.2. The molecule has 34 heavy (non-hydrogen) atoms. The Morgan fingerprint density at radius 1 is 1.12 bits per heavy atom. The molecule has 0 saturated carbocycles. The lowest BCUT2D eigenvalue weighted by molar-refractivity contribution is 0.227. The van der Waals surface area contributed by atoms with Gasteiger partial charge in [-0.1, -0.05) is 18.2 Å². The first-order valence-corrected chi connectivity index (χ1v) is 10.6. The topological polar surface area (TPSA) is 80.3 Å². The van der Waals surface area contributed by atoms with E-state index >= 15 is 0 Å². The third kappa shape index (κ3) is 4.68. The molecule has 2 amide bonds. The van der Waals surface area contributed by atoms with E-state index < -0.39 is 17.7 Å². The second kappa shape index (κ2) is 9.86. The van der Waals surface area contributed by atoms with Crippen LogP contribution in [0.2, 0.25) is 0 Å². The fraction of sp³-hybridized carbons (Fsp3) is 0.240. The number of anilines is 1. The molecule has 0 aliphatic carbocycles. The van der Waals surface area contributed by atoms with Gasteiger partial charge in [-0.05, 0) is 35.9 Å². The number of fused-ring (bicyclic) bond motifs is 1. The van der Waals surface area contributed by atoms with Crippen LogP contribution in [-0.4, -0.2) is 32.0 Å². The van der Waals surface area contributed by atoms with Crippen molar-refractivity contribution >= 4 is 11.7 Å². The minimum absolute atomic E-state index is 0.105. The molecule has 0 bridgehead atoms.